The molecule has 12 nitrogen and oxygen atoms in total. The Morgan fingerprint density at radius 2 is 0.949 bits per heavy atom. The Labute approximate surface area is 232 Å². The molecular weight excluding hydrogens is 514 g/mol. The van der Waals surface area contributed by atoms with E-state index in [-0.39, 0.29) is 37.5 Å². The number of hydrogen-bond acceptors (Lipinski definition) is 11. The molecule has 226 valence electrons. The molecule has 0 spiro atoms. The van der Waals surface area contributed by atoms with Gasteiger partial charge in [0.15, 0.2) is 0 Å². The number of rotatable bonds is 29. The molecule has 0 aromatic rings. The summed E-state index contributed by atoms with van der Waals surface area (Å²) in [6.45, 7) is 8.72. The Hall–Kier alpha value is -1.93. The van der Waals surface area contributed by atoms with E-state index in [1.807, 2.05) is 0 Å². The number of esters is 1. The van der Waals surface area contributed by atoms with Crippen LogP contribution in [0.2, 0.25) is 0 Å². The lowest BCUT2D eigenvalue weighted by atomic mass is 10.2. The average molecular weight is 562 g/mol. The Morgan fingerprint density at radius 1 is 0.564 bits per heavy atom. The summed E-state index contributed by atoms with van der Waals surface area (Å²) in [7, 11) is 0. The fourth-order valence-electron chi connectivity index (χ4n) is 3.21. The van der Waals surface area contributed by atoms with Gasteiger partial charge >= 0.3 is 5.97 Å². The van der Waals surface area contributed by atoms with Crippen LogP contribution >= 0.6 is 0 Å². The van der Waals surface area contributed by atoms with Crippen LogP contribution in [0, 0.1) is 0 Å². The van der Waals surface area contributed by atoms with Crippen molar-refractivity contribution in [3.05, 3.63) is 12.2 Å². The molecule has 0 aromatic carbocycles. The van der Waals surface area contributed by atoms with E-state index in [1.165, 1.54) is 12.2 Å². The van der Waals surface area contributed by atoms with Gasteiger partial charge in [0.05, 0.1) is 99.0 Å². The van der Waals surface area contributed by atoms with Gasteiger partial charge in [-0.15, -0.1) is 0 Å². The third-order valence-corrected chi connectivity index (χ3v) is 5.32. The van der Waals surface area contributed by atoms with Crippen LogP contribution < -0.4 is 0 Å². The minimum Gasteiger partial charge on any atom is -0.463 e. The van der Waals surface area contributed by atoms with E-state index < -0.39 is 0 Å². The van der Waals surface area contributed by atoms with E-state index in [4.69, 9.17) is 37.9 Å². The molecule has 1 heterocycles. The van der Waals surface area contributed by atoms with Gasteiger partial charge in [0.2, 0.25) is 0 Å². The fraction of sp³-hybridized carbons (Fsp3) is 0.815. The highest BCUT2D eigenvalue weighted by Crippen LogP contribution is 2.03. The molecule has 39 heavy (non-hydrogen) atoms. The number of carbonyl (C=O) groups is 3. The second-order valence-corrected chi connectivity index (χ2v) is 8.48. The number of nitrogens with zero attached hydrogens (tertiary/aromatic N) is 1. The first kappa shape index (κ1) is 35.1. The highest BCUT2D eigenvalue weighted by Gasteiger charge is 2.22. The fourth-order valence-corrected chi connectivity index (χ4v) is 3.21. The Balaban J connectivity index is 1.67. The molecule has 0 fully saturated rings. The highest BCUT2D eigenvalue weighted by molar-refractivity contribution is 6.12. The van der Waals surface area contributed by atoms with Gasteiger partial charge in [-0.1, -0.05) is 26.2 Å². The van der Waals surface area contributed by atoms with Crippen LogP contribution in [0.3, 0.4) is 0 Å². The first-order valence-electron chi connectivity index (χ1n) is 13.9. The van der Waals surface area contributed by atoms with Crippen molar-refractivity contribution in [3.8, 4) is 0 Å². The molecule has 0 radical (unpaired) electrons. The van der Waals surface area contributed by atoms with Crippen LogP contribution in [-0.2, 0) is 52.3 Å². The lowest BCUT2D eigenvalue weighted by molar-refractivity contribution is -0.145. The molecule has 0 unspecified atom stereocenters. The first-order valence-corrected chi connectivity index (χ1v) is 13.9. The molecule has 0 saturated heterocycles. The van der Waals surface area contributed by atoms with Gasteiger partial charge in [-0.3, -0.25) is 19.3 Å². The summed E-state index contributed by atoms with van der Waals surface area (Å²) in [6.07, 6.45) is 7.24. The number of carbonyl (C=O) groups excluding carboxylic acids is 3. The predicted octanol–water partition coefficient (Wildman–Crippen LogP) is 1.54. The molecule has 0 aliphatic carbocycles. The van der Waals surface area contributed by atoms with Gasteiger partial charge in [0.1, 0.15) is 6.61 Å². The van der Waals surface area contributed by atoms with Crippen molar-refractivity contribution in [2.75, 3.05) is 106 Å². The van der Waals surface area contributed by atoms with Crippen LogP contribution in [0.25, 0.3) is 0 Å². The Morgan fingerprint density at radius 3 is 1.36 bits per heavy atom. The zero-order chi connectivity index (χ0) is 28.2. The van der Waals surface area contributed by atoms with Gasteiger partial charge in [0, 0.05) is 18.6 Å². The van der Waals surface area contributed by atoms with Crippen LogP contribution in [0.5, 0.6) is 0 Å². The van der Waals surface area contributed by atoms with Crippen LogP contribution in [-0.4, -0.2) is 128 Å². The topological polar surface area (TPSA) is 128 Å². The minimum absolute atomic E-state index is 0.159. The Bertz CT molecular complexity index is 642. The molecule has 12 heteroatoms. The summed E-state index contributed by atoms with van der Waals surface area (Å²) in [5.74, 6) is -0.773. The molecule has 1 rings (SSSR count). The second kappa shape index (κ2) is 26.3. The van der Waals surface area contributed by atoms with Gasteiger partial charge < -0.3 is 37.9 Å². The van der Waals surface area contributed by atoms with Gasteiger partial charge in [-0.25, -0.2) is 0 Å². The summed E-state index contributed by atoms with van der Waals surface area (Å²) in [5, 5.41) is 0. The molecule has 0 saturated carbocycles. The normalized spacial score (nSPS) is 13.1. The first-order chi connectivity index (χ1) is 19.1. The number of hydrogen-bond donors (Lipinski definition) is 0. The maximum absolute atomic E-state index is 11.5. The minimum atomic E-state index is -0.307. The van der Waals surface area contributed by atoms with Gasteiger partial charge in [-0.05, 0) is 6.42 Å². The van der Waals surface area contributed by atoms with Crippen LogP contribution in [0.4, 0.5) is 0 Å². The van der Waals surface area contributed by atoms with Crippen molar-refractivity contribution in [1.82, 2.24) is 4.90 Å². The van der Waals surface area contributed by atoms with Crippen LogP contribution in [0.15, 0.2) is 12.2 Å². The summed E-state index contributed by atoms with van der Waals surface area (Å²) in [5.41, 5.74) is 0. The summed E-state index contributed by atoms with van der Waals surface area (Å²) < 4.78 is 42.9. The molecule has 1 aliphatic rings. The van der Waals surface area contributed by atoms with Crippen molar-refractivity contribution in [2.24, 2.45) is 0 Å². The summed E-state index contributed by atoms with van der Waals surface area (Å²) in [4.78, 5) is 35.4. The third kappa shape index (κ3) is 21.6. The maximum atomic E-state index is 11.5. The maximum Gasteiger partial charge on any atom is 0.305 e. The third-order valence-electron chi connectivity index (χ3n) is 5.32. The van der Waals surface area contributed by atoms with Gasteiger partial charge in [0.25, 0.3) is 11.8 Å². The monoisotopic (exact) mass is 561 g/mol. The smallest absolute Gasteiger partial charge is 0.305 e. The van der Waals surface area contributed by atoms with Crippen molar-refractivity contribution in [1.29, 1.82) is 0 Å². The summed E-state index contributed by atoms with van der Waals surface area (Å²) in [6, 6.07) is 0. The molecule has 1 aliphatic heterocycles. The van der Waals surface area contributed by atoms with Crippen molar-refractivity contribution >= 4 is 17.8 Å². The number of unbranched alkanes of at least 4 members (excludes halogenated alkanes) is 3. The number of ether oxygens (including phenoxy) is 8. The molecule has 0 aromatic heterocycles. The van der Waals surface area contributed by atoms with E-state index in [9.17, 15) is 14.4 Å². The quantitative estimate of drug-likeness (QED) is 0.0749. The van der Waals surface area contributed by atoms with E-state index in [0.29, 0.717) is 92.3 Å². The van der Waals surface area contributed by atoms with E-state index in [2.05, 4.69) is 6.92 Å². The van der Waals surface area contributed by atoms with Crippen molar-refractivity contribution in [2.45, 2.75) is 39.0 Å². The van der Waals surface area contributed by atoms with E-state index in [1.54, 1.807) is 0 Å². The SMILES string of the molecule is CCCCCCC(=O)OCCOCCOCCOCCOCCOCCOCCOCCN1C(=O)C=CC1=O. The largest absolute Gasteiger partial charge is 0.463 e. The molecule has 2 amide bonds. The Kier molecular flexibility index (Phi) is 23.7. The van der Waals surface area contributed by atoms with Crippen LogP contribution in [0.1, 0.15) is 39.0 Å². The zero-order valence-electron chi connectivity index (χ0n) is 23.4. The predicted molar refractivity (Wildman–Crippen MR) is 141 cm³/mol. The number of amides is 2. The second-order valence-electron chi connectivity index (χ2n) is 8.48. The van der Waals surface area contributed by atoms with E-state index >= 15 is 0 Å². The molecular formula is C27H47NO11. The lowest BCUT2D eigenvalue weighted by Crippen LogP contribution is -2.33. The zero-order valence-corrected chi connectivity index (χ0v) is 23.4. The van der Waals surface area contributed by atoms with Crippen molar-refractivity contribution < 1.29 is 52.3 Å². The summed E-state index contributed by atoms with van der Waals surface area (Å²) >= 11 is 0. The standard InChI is InChI=1S/C27H47NO11/c1-2-3-4-5-6-27(31)39-24-23-38-22-21-37-20-19-36-18-17-35-16-15-34-14-13-33-12-11-32-10-9-28-25(29)7-8-26(28)30/h7-8H,2-6,9-24H2,1H3. The van der Waals surface area contributed by atoms with Gasteiger partial charge in [-0.2, -0.15) is 0 Å². The highest BCUT2D eigenvalue weighted by atomic mass is 16.6. The number of imide groups is 1. The van der Waals surface area contributed by atoms with Crippen molar-refractivity contribution in [3.63, 3.8) is 0 Å². The molecule has 0 atom stereocenters. The molecule has 0 N–H and O–H groups in total. The lowest BCUT2D eigenvalue weighted by Gasteiger charge is -2.13. The van der Waals surface area contributed by atoms with E-state index in [0.717, 1.165) is 30.6 Å². The molecule has 0 bridgehead atoms. The average Bonchev–Trinajstić information content (AvgIpc) is 3.25.